The summed E-state index contributed by atoms with van der Waals surface area (Å²) >= 11 is 0. The fraction of sp³-hybridized carbons (Fsp3) is 0.625. The SMILES string of the molecule is CCN(Cc1cccc(S(=O)(=O)N(C)C)c1)C[C@@H]1CCOC1. The predicted molar refractivity (Wildman–Crippen MR) is 87.2 cm³/mol. The second-order valence-electron chi connectivity index (χ2n) is 5.99. The molecule has 1 saturated heterocycles. The van der Waals surface area contributed by atoms with Crippen molar-refractivity contribution in [2.24, 2.45) is 5.92 Å². The molecule has 1 heterocycles. The van der Waals surface area contributed by atoms with Crippen LogP contribution in [0, 0.1) is 5.92 Å². The van der Waals surface area contributed by atoms with Gasteiger partial charge in [-0.05, 0) is 36.6 Å². The van der Waals surface area contributed by atoms with Crippen molar-refractivity contribution >= 4 is 10.0 Å². The lowest BCUT2D eigenvalue weighted by atomic mass is 10.1. The van der Waals surface area contributed by atoms with Crippen molar-refractivity contribution in [1.29, 1.82) is 0 Å². The first-order valence-electron chi connectivity index (χ1n) is 7.75. The van der Waals surface area contributed by atoms with Crippen LogP contribution in [0.1, 0.15) is 18.9 Å². The molecule has 0 amide bonds. The molecule has 1 aromatic rings. The van der Waals surface area contributed by atoms with Gasteiger partial charge in [-0.1, -0.05) is 19.1 Å². The molecule has 22 heavy (non-hydrogen) atoms. The first kappa shape index (κ1) is 17.4. The molecule has 0 unspecified atom stereocenters. The van der Waals surface area contributed by atoms with Crippen molar-refractivity contribution in [3.63, 3.8) is 0 Å². The number of benzene rings is 1. The Morgan fingerprint density at radius 2 is 2.09 bits per heavy atom. The maximum Gasteiger partial charge on any atom is 0.242 e. The van der Waals surface area contributed by atoms with E-state index in [9.17, 15) is 8.42 Å². The Balaban J connectivity index is 2.08. The van der Waals surface area contributed by atoms with Crippen molar-refractivity contribution in [3.05, 3.63) is 29.8 Å². The molecule has 0 aliphatic carbocycles. The molecule has 5 nitrogen and oxygen atoms in total. The molecule has 6 heteroatoms. The largest absolute Gasteiger partial charge is 0.381 e. The molecule has 0 aromatic heterocycles. The van der Waals surface area contributed by atoms with Gasteiger partial charge in [-0.2, -0.15) is 0 Å². The quantitative estimate of drug-likeness (QED) is 0.767. The van der Waals surface area contributed by atoms with Crippen LogP contribution in [0.2, 0.25) is 0 Å². The molecule has 0 radical (unpaired) electrons. The standard InChI is InChI=1S/C16H26N2O3S/c1-4-18(12-15-8-9-21-13-15)11-14-6-5-7-16(10-14)22(19,20)17(2)3/h5-7,10,15H,4,8-9,11-13H2,1-3H3/t15-/m0/s1. The minimum Gasteiger partial charge on any atom is -0.381 e. The molecular formula is C16H26N2O3S. The van der Waals surface area contributed by atoms with Gasteiger partial charge in [0.25, 0.3) is 0 Å². The number of sulfonamides is 1. The molecule has 0 saturated carbocycles. The van der Waals surface area contributed by atoms with Gasteiger partial charge in [0.2, 0.25) is 10.0 Å². The van der Waals surface area contributed by atoms with Gasteiger partial charge in [0, 0.05) is 33.8 Å². The van der Waals surface area contributed by atoms with E-state index in [1.165, 1.54) is 4.31 Å². The normalized spacial score (nSPS) is 19.2. The summed E-state index contributed by atoms with van der Waals surface area (Å²) in [6.45, 7) is 6.55. The predicted octanol–water partition coefficient (Wildman–Crippen LogP) is 1.80. The summed E-state index contributed by atoms with van der Waals surface area (Å²) in [4.78, 5) is 2.70. The average molecular weight is 326 g/mol. The van der Waals surface area contributed by atoms with Crippen LogP contribution in [-0.4, -0.2) is 58.0 Å². The van der Waals surface area contributed by atoms with Crippen molar-refractivity contribution < 1.29 is 13.2 Å². The highest BCUT2D eigenvalue weighted by molar-refractivity contribution is 7.89. The molecule has 1 aromatic carbocycles. The molecular weight excluding hydrogens is 300 g/mol. The lowest BCUT2D eigenvalue weighted by Gasteiger charge is -2.23. The first-order valence-corrected chi connectivity index (χ1v) is 9.19. The molecule has 1 aliphatic rings. The number of hydrogen-bond donors (Lipinski definition) is 0. The zero-order valence-electron chi connectivity index (χ0n) is 13.7. The maximum absolute atomic E-state index is 12.2. The van der Waals surface area contributed by atoms with Crippen LogP contribution in [0.5, 0.6) is 0 Å². The van der Waals surface area contributed by atoms with E-state index in [1.54, 1.807) is 26.2 Å². The Hall–Kier alpha value is -0.950. The van der Waals surface area contributed by atoms with E-state index in [0.717, 1.165) is 44.8 Å². The van der Waals surface area contributed by atoms with Crippen LogP contribution in [-0.2, 0) is 21.3 Å². The second kappa shape index (κ2) is 7.55. The molecule has 0 spiro atoms. The smallest absolute Gasteiger partial charge is 0.242 e. The number of ether oxygens (including phenoxy) is 1. The van der Waals surface area contributed by atoms with E-state index in [2.05, 4.69) is 11.8 Å². The lowest BCUT2D eigenvalue weighted by Crippen LogP contribution is -2.29. The number of rotatable bonds is 7. The topological polar surface area (TPSA) is 49.9 Å². The fourth-order valence-corrected chi connectivity index (χ4v) is 3.64. The Kier molecular flexibility index (Phi) is 5.97. The third-order valence-electron chi connectivity index (χ3n) is 4.07. The fourth-order valence-electron chi connectivity index (χ4n) is 2.67. The van der Waals surface area contributed by atoms with E-state index in [1.807, 2.05) is 12.1 Å². The first-order chi connectivity index (χ1) is 10.4. The van der Waals surface area contributed by atoms with Crippen molar-refractivity contribution in [2.45, 2.75) is 24.8 Å². The van der Waals surface area contributed by atoms with E-state index in [4.69, 9.17) is 4.74 Å². The highest BCUT2D eigenvalue weighted by Gasteiger charge is 2.20. The summed E-state index contributed by atoms with van der Waals surface area (Å²) in [6.07, 6.45) is 1.12. The van der Waals surface area contributed by atoms with Crippen LogP contribution in [0.15, 0.2) is 29.2 Å². The third-order valence-corrected chi connectivity index (χ3v) is 5.88. The average Bonchev–Trinajstić information content (AvgIpc) is 2.99. The van der Waals surface area contributed by atoms with E-state index < -0.39 is 10.0 Å². The summed E-state index contributed by atoms with van der Waals surface area (Å²) in [5.41, 5.74) is 1.03. The summed E-state index contributed by atoms with van der Waals surface area (Å²) < 4.78 is 31.1. The zero-order valence-corrected chi connectivity index (χ0v) is 14.5. The van der Waals surface area contributed by atoms with Crippen LogP contribution >= 0.6 is 0 Å². The van der Waals surface area contributed by atoms with Crippen LogP contribution < -0.4 is 0 Å². The molecule has 124 valence electrons. The summed E-state index contributed by atoms with van der Waals surface area (Å²) in [5, 5.41) is 0. The van der Waals surface area contributed by atoms with Gasteiger partial charge >= 0.3 is 0 Å². The molecule has 2 rings (SSSR count). The van der Waals surface area contributed by atoms with E-state index in [0.29, 0.717) is 10.8 Å². The highest BCUT2D eigenvalue weighted by Crippen LogP contribution is 2.18. The van der Waals surface area contributed by atoms with Gasteiger partial charge < -0.3 is 4.74 Å². The highest BCUT2D eigenvalue weighted by atomic mass is 32.2. The van der Waals surface area contributed by atoms with E-state index in [-0.39, 0.29) is 0 Å². The maximum atomic E-state index is 12.2. The monoisotopic (exact) mass is 326 g/mol. The van der Waals surface area contributed by atoms with Gasteiger partial charge in [-0.3, -0.25) is 4.90 Å². The molecule has 0 N–H and O–H groups in total. The third kappa shape index (κ3) is 4.29. The minimum atomic E-state index is -3.37. The number of hydrogen-bond acceptors (Lipinski definition) is 4. The second-order valence-corrected chi connectivity index (χ2v) is 8.14. The Labute approximate surface area is 133 Å². The summed E-state index contributed by atoms with van der Waals surface area (Å²) in [5.74, 6) is 0.591. The van der Waals surface area contributed by atoms with Crippen LogP contribution in [0.4, 0.5) is 0 Å². The Morgan fingerprint density at radius 3 is 2.68 bits per heavy atom. The van der Waals surface area contributed by atoms with Gasteiger partial charge in [0.15, 0.2) is 0 Å². The van der Waals surface area contributed by atoms with Crippen LogP contribution in [0.3, 0.4) is 0 Å². The molecule has 1 fully saturated rings. The number of nitrogens with zero attached hydrogens (tertiary/aromatic N) is 2. The zero-order chi connectivity index (χ0) is 16.2. The van der Waals surface area contributed by atoms with Crippen molar-refractivity contribution in [2.75, 3.05) is 40.4 Å². The Bertz CT molecular complexity index is 581. The minimum absolute atomic E-state index is 0.357. The Morgan fingerprint density at radius 1 is 1.32 bits per heavy atom. The molecule has 0 bridgehead atoms. The van der Waals surface area contributed by atoms with Crippen LogP contribution in [0.25, 0.3) is 0 Å². The summed E-state index contributed by atoms with van der Waals surface area (Å²) in [7, 11) is -0.257. The van der Waals surface area contributed by atoms with Gasteiger partial charge in [0.05, 0.1) is 11.5 Å². The lowest BCUT2D eigenvalue weighted by molar-refractivity contribution is 0.167. The van der Waals surface area contributed by atoms with Gasteiger partial charge in [-0.15, -0.1) is 0 Å². The summed E-state index contributed by atoms with van der Waals surface area (Å²) in [6, 6.07) is 7.24. The molecule has 1 atom stereocenters. The van der Waals surface area contributed by atoms with Gasteiger partial charge in [-0.25, -0.2) is 12.7 Å². The van der Waals surface area contributed by atoms with E-state index >= 15 is 0 Å². The molecule has 1 aliphatic heterocycles. The van der Waals surface area contributed by atoms with Crippen molar-refractivity contribution in [3.8, 4) is 0 Å². The van der Waals surface area contributed by atoms with Crippen molar-refractivity contribution in [1.82, 2.24) is 9.21 Å². The van der Waals surface area contributed by atoms with Gasteiger partial charge in [0.1, 0.15) is 0 Å².